The summed E-state index contributed by atoms with van der Waals surface area (Å²) in [6.45, 7) is 1.89. The van der Waals surface area contributed by atoms with E-state index in [1.54, 1.807) is 18.2 Å². The number of hydrogen-bond acceptors (Lipinski definition) is 3. The van der Waals surface area contributed by atoms with Crippen LogP contribution in [0, 0.1) is 6.92 Å². The molecule has 0 fully saturated rings. The molecule has 14 heavy (non-hydrogen) atoms. The summed E-state index contributed by atoms with van der Waals surface area (Å²) in [6.07, 6.45) is 0. The third-order valence-electron chi connectivity index (χ3n) is 2.15. The number of fused-ring (bicyclic) bond motifs is 1. The van der Waals surface area contributed by atoms with Gasteiger partial charge in [-0.3, -0.25) is 0 Å². The summed E-state index contributed by atoms with van der Waals surface area (Å²) in [4.78, 5) is 0.234. The van der Waals surface area contributed by atoms with Gasteiger partial charge in [0.05, 0.1) is 0 Å². The molecule has 0 bridgehead atoms. The first-order valence-electron chi connectivity index (χ1n) is 4.11. The Morgan fingerprint density at radius 2 is 2.21 bits per heavy atom. The molecule has 1 heterocycles. The summed E-state index contributed by atoms with van der Waals surface area (Å²) in [5.41, 5.74) is 7.00. The number of hydrogen-bond donors (Lipinski definition) is 2. The number of rotatable bonds is 1. The number of phenols is 1. The molecule has 1 aromatic carbocycles. The molecule has 4 heteroatoms. The minimum absolute atomic E-state index is 0.167. The highest BCUT2D eigenvalue weighted by molar-refractivity contribution is 7.80. The molecule has 0 spiro atoms. The van der Waals surface area contributed by atoms with Gasteiger partial charge >= 0.3 is 0 Å². The SMILES string of the molecule is Cc1c(C(N)=S)oc2cc(O)ccc12. The lowest BCUT2D eigenvalue weighted by atomic mass is 10.1. The molecule has 2 rings (SSSR count). The van der Waals surface area contributed by atoms with Gasteiger partial charge in [0.15, 0.2) is 5.76 Å². The van der Waals surface area contributed by atoms with Crippen LogP contribution in [0.3, 0.4) is 0 Å². The molecule has 0 saturated heterocycles. The summed E-state index contributed by atoms with van der Waals surface area (Å²) in [7, 11) is 0. The standard InChI is InChI=1S/C10H9NO2S/c1-5-7-3-2-6(12)4-8(7)13-9(5)10(11)14/h2-4,12H,1H3,(H2,11,14). The zero-order chi connectivity index (χ0) is 10.3. The topological polar surface area (TPSA) is 59.4 Å². The van der Waals surface area contributed by atoms with Gasteiger partial charge < -0.3 is 15.3 Å². The number of phenolic OH excluding ortho intramolecular Hbond substituents is 1. The molecule has 0 saturated carbocycles. The lowest BCUT2D eigenvalue weighted by molar-refractivity contribution is 0.474. The van der Waals surface area contributed by atoms with Gasteiger partial charge in [-0.1, -0.05) is 12.2 Å². The Balaban J connectivity index is 2.79. The second kappa shape index (κ2) is 2.99. The smallest absolute Gasteiger partial charge is 0.165 e. The highest BCUT2D eigenvalue weighted by atomic mass is 32.1. The van der Waals surface area contributed by atoms with E-state index in [0.29, 0.717) is 11.3 Å². The van der Waals surface area contributed by atoms with Crippen molar-refractivity contribution < 1.29 is 9.52 Å². The molecule has 72 valence electrons. The number of furan rings is 1. The Morgan fingerprint density at radius 1 is 1.50 bits per heavy atom. The molecule has 0 aliphatic rings. The predicted molar refractivity (Wildman–Crippen MR) is 58.5 cm³/mol. The summed E-state index contributed by atoms with van der Waals surface area (Å²) in [5, 5.41) is 10.2. The van der Waals surface area contributed by atoms with Crippen molar-refractivity contribution in [3.8, 4) is 5.75 Å². The highest BCUT2D eigenvalue weighted by Gasteiger charge is 2.12. The molecule has 0 atom stereocenters. The van der Waals surface area contributed by atoms with Crippen LogP contribution < -0.4 is 5.73 Å². The van der Waals surface area contributed by atoms with E-state index in [-0.39, 0.29) is 10.7 Å². The molecule has 0 radical (unpaired) electrons. The molecule has 1 aromatic heterocycles. The van der Waals surface area contributed by atoms with Crippen LogP contribution in [-0.2, 0) is 0 Å². The lowest BCUT2D eigenvalue weighted by Crippen LogP contribution is -2.09. The van der Waals surface area contributed by atoms with Gasteiger partial charge in [0.1, 0.15) is 16.3 Å². The minimum atomic E-state index is 0.167. The Morgan fingerprint density at radius 3 is 2.86 bits per heavy atom. The van der Waals surface area contributed by atoms with Crippen molar-refractivity contribution in [2.45, 2.75) is 6.92 Å². The number of nitrogens with two attached hydrogens (primary N) is 1. The first kappa shape index (κ1) is 9.02. The second-order valence-electron chi connectivity index (χ2n) is 3.10. The lowest BCUT2D eigenvalue weighted by Gasteiger charge is -1.91. The van der Waals surface area contributed by atoms with Gasteiger partial charge in [-0.2, -0.15) is 0 Å². The van der Waals surface area contributed by atoms with E-state index in [4.69, 9.17) is 22.4 Å². The molecular formula is C10H9NO2S. The molecule has 0 aliphatic carbocycles. The van der Waals surface area contributed by atoms with Crippen LogP contribution in [0.5, 0.6) is 5.75 Å². The maximum atomic E-state index is 9.24. The van der Waals surface area contributed by atoms with Crippen LogP contribution >= 0.6 is 12.2 Å². The van der Waals surface area contributed by atoms with E-state index in [2.05, 4.69) is 0 Å². The Hall–Kier alpha value is -1.55. The van der Waals surface area contributed by atoms with Crippen LogP contribution in [0.1, 0.15) is 11.3 Å². The summed E-state index contributed by atoms with van der Waals surface area (Å²) < 4.78 is 5.41. The normalized spacial score (nSPS) is 10.6. The van der Waals surface area contributed by atoms with E-state index in [1.807, 2.05) is 6.92 Å². The first-order chi connectivity index (χ1) is 6.59. The molecule has 0 aliphatic heterocycles. The van der Waals surface area contributed by atoms with Crippen molar-refractivity contribution >= 4 is 28.2 Å². The number of benzene rings is 1. The summed E-state index contributed by atoms with van der Waals surface area (Å²) in [5.74, 6) is 0.682. The van der Waals surface area contributed by atoms with E-state index in [0.717, 1.165) is 10.9 Å². The monoisotopic (exact) mass is 207 g/mol. The first-order valence-corrected chi connectivity index (χ1v) is 4.52. The Labute approximate surface area is 86.1 Å². The van der Waals surface area contributed by atoms with Gasteiger partial charge in [-0.05, 0) is 19.1 Å². The van der Waals surface area contributed by atoms with Crippen LogP contribution in [-0.4, -0.2) is 10.1 Å². The maximum Gasteiger partial charge on any atom is 0.165 e. The van der Waals surface area contributed by atoms with E-state index in [9.17, 15) is 5.11 Å². The average Bonchev–Trinajstić information content (AvgIpc) is 2.43. The van der Waals surface area contributed by atoms with Gasteiger partial charge in [0.25, 0.3) is 0 Å². The minimum Gasteiger partial charge on any atom is -0.508 e. The fourth-order valence-corrected chi connectivity index (χ4v) is 1.64. The van der Waals surface area contributed by atoms with Gasteiger partial charge in [0.2, 0.25) is 0 Å². The van der Waals surface area contributed by atoms with Crippen molar-refractivity contribution in [2.75, 3.05) is 0 Å². The zero-order valence-electron chi connectivity index (χ0n) is 7.57. The number of aromatic hydroxyl groups is 1. The molecule has 3 N–H and O–H groups in total. The molecular weight excluding hydrogens is 198 g/mol. The van der Waals surface area contributed by atoms with Gasteiger partial charge in [-0.25, -0.2) is 0 Å². The van der Waals surface area contributed by atoms with E-state index < -0.39 is 0 Å². The third kappa shape index (κ3) is 1.24. The van der Waals surface area contributed by atoms with Crippen LogP contribution in [0.4, 0.5) is 0 Å². The van der Waals surface area contributed by atoms with Crippen molar-refractivity contribution in [3.63, 3.8) is 0 Å². The van der Waals surface area contributed by atoms with Crippen molar-refractivity contribution in [3.05, 3.63) is 29.5 Å². The molecule has 3 nitrogen and oxygen atoms in total. The summed E-state index contributed by atoms with van der Waals surface area (Å²) in [6, 6.07) is 4.93. The van der Waals surface area contributed by atoms with Gasteiger partial charge in [-0.15, -0.1) is 0 Å². The van der Waals surface area contributed by atoms with Crippen molar-refractivity contribution in [1.29, 1.82) is 0 Å². The maximum absolute atomic E-state index is 9.24. The largest absolute Gasteiger partial charge is 0.508 e. The van der Waals surface area contributed by atoms with Gasteiger partial charge in [0, 0.05) is 17.0 Å². The van der Waals surface area contributed by atoms with Crippen LogP contribution in [0.2, 0.25) is 0 Å². The molecule has 0 unspecified atom stereocenters. The third-order valence-corrected chi connectivity index (χ3v) is 2.33. The summed E-state index contributed by atoms with van der Waals surface area (Å²) >= 11 is 4.84. The molecule has 0 amide bonds. The van der Waals surface area contributed by atoms with Crippen molar-refractivity contribution in [2.24, 2.45) is 5.73 Å². The Bertz CT molecular complexity index is 516. The average molecular weight is 207 g/mol. The van der Waals surface area contributed by atoms with Crippen LogP contribution in [0.25, 0.3) is 11.0 Å². The zero-order valence-corrected chi connectivity index (χ0v) is 8.39. The highest BCUT2D eigenvalue weighted by Crippen LogP contribution is 2.27. The van der Waals surface area contributed by atoms with Crippen LogP contribution in [0.15, 0.2) is 22.6 Å². The van der Waals surface area contributed by atoms with E-state index in [1.165, 1.54) is 0 Å². The number of aryl methyl sites for hydroxylation is 1. The Kier molecular flexibility index (Phi) is 1.93. The second-order valence-corrected chi connectivity index (χ2v) is 3.54. The van der Waals surface area contributed by atoms with Crippen molar-refractivity contribution in [1.82, 2.24) is 0 Å². The number of thiocarbonyl (C=S) groups is 1. The fraction of sp³-hybridized carbons (Fsp3) is 0.100. The predicted octanol–water partition coefficient (Wildman–Crippen LogP) is 2.08. The molecule has 2 aromatic rings. The quantitative estimate of drug-likeness (QED) is 0.703. The fourth-order valence-electron chi connectivity index (χ4n) is 1.45. The van der Waals surface area contributed by atoms with E-state index >= 15 is 0 Å².